The minimum Gasteiger partial charge on any atom is -0.326 e. The second kappa shape index (κ2) is 4.84. The number of aromatic nitrogens is 1. The number of carbonyl (C=O) groups excluding carboxylic acids is 1. The van der Waals surface area contributed by atoms with Crippen LogP contribution in [0.5, 0.6) is 0 Å². The third-order valence-corrected chi connectivity index (χ3v) is 1.94. The Hall–Kier alpha value is -1.77. The average molecular weight is 269 g/mol. The molecule has 1 heterocycles. The fourth-order valence-electron chi connectivity index (χ4n) is 0.943. The van der Waals surface area contributed by atoms with Gasteiger partial charge in [-0.3, -0.25) is 4.79 Å². The molecule has 0 aliphatic carbocycles. The van der Waals surface area contributed by atoms with Crippen molar-refractivity contribution in [3.05, 3.63) is 23.9 Å². The minimum atomic E-state index is -5.95. The fraction of sp³-hybridized carbons (Fsp3) is 0.333. The lowest BCUT2D eigenvalue weighted by Crippen LogP contribution is -2.47. The molecule has 1 amide bonds. The van der Waals surface area contributed by atoms with Crippen molar-refractivity contribution in [3.63, 3.8) is 0 Å². The molecule has 0 bridgehead atoms. The Kier molecular flexibility index (Phi) is 3.85. The van der Waals surface area contributed by atoms with Gasteiger partial charge in [-0.25, -0.2) is 4.98 Å². The number of hydrogen-bond donors (Lipinski definition) is 2. The van der Waals surface area contributed by atoms with E-state index < -0.39 is 23.8 Å². The van der Waals surface area contributed by atoms with Crippen molar-refractivity contribution in [1.29, 1.82) is 0 Å². The van der Waals surface area contributed by atoms with Gasteiger partial charge in [0, 0.05) is 12.7 Å². The summed E-state index contributed by atoms with van der Waals surface area (Å²) in [6.07, 6.45) is -4.80. The van der Waals surface area contributed by atoms with Gasteiger partial charge in [-0.1, -0.05) is 6.07 Å². The maximum Gasteiger partial charge on any atom is 0.463 e. The van der Waals surface area contributed by atoms with E-state index in [4.69, 9.17) is 5.73 Å². The van der Waals surface area contributed by atoms with Crippen LogP contribution in [0.2, 0.25) is 0 Å². The van der Waals surface area contributed by atoms with Crippen molar-refractivity contribution in [2.75, 3.05) is 5.32 Å². The van der Waals surface area contributed by atoms with Crippen LogP contribution in [0.4, 0.5) is 27.8 Å². The third kappa shape index (κ3) is 2.92. The van der Waals surface area contributed by atoms with Crippen LogP contribution >= 0.6 is 0 Å². The first kappa shape index (κ1) is 14.3. The summed E-state index contributed by atoms with van der Waals surface area (Å²) < 4.78 is 60.7. The van der Waals surface area contributed by atoms with Gasteiger partial charge in [-0.2, -0.15) is 22.0 Å². The van der Waals surface area contributed by atoms with Crippen molar-refractivity contribution in [3.8, 4) is 0 Å². The van der Waals surface area contributed by atoms with E-state index in [1.807, 2.05) is 0 Å². The van der Waals surface area contributed by atoms with E-state index in [1.165, 1.54) is 11.4 Å². The van der Waals surface area contributed by atoms with Gasteiger partial charge in [0.25, 0.3) is 0 Å². The topological polar surface area (TPSA) is 68.0 Å². The first-order valence-electron chi connectivity index (χ1n) is 4.59. The van der Waals surface area contributed by atoms with Crippen LogP contribution in [0, 0.1) is 0 Å². The lowest BCUT2D eigenvalue weighted by molar-refractivity contribution is -0.267. The summed E-state index contributed by atoms with van der Waals surface area (Å²) in [5.74, 6) is -8.37. The number of alkyl halides is 5. The molecule has 9 heteroatoms. The van der Waals surface area contributed by atoms with Crippen LogP contribution in [0.3, 0.4) is 0 Å². The van der Waals surface area contributed by atoms with Crippen molar-refractivity contribution in [2.24, 2.45) is 5.73 Å². The first-order valence-corrected chi connectivity index (χ1v) is 4.59. The highest BCUT2D eigenvalue weighted by atomic mass is 19.4. The molecule has 18 heavy (non-hydrogen) atoms. The normalized spacial score (nSPS) is 12.3. The third-order valence-electron chi connectivity index (χ3n) is 1.94. The number of carbonyl (C=O) groups is 1. The highest BCUT2D eigenvalue weighted by Crippen LogP contribution is 2.36. The second-order valence-electron chi connectivity index (χ2n) is 3.28. The van der Waals surface area contributed by atoms with Gasteiger partial charge < -0.3 is 11.1 Å². The Bertz CT molecular complexity index is 429. The molecule has 0 spiro atoms. The van der Waals surface area contributed by atoms with E-state index in [-0.39, 0.29) is 6.54 Å². The summed E-state index contributed by atoms with van der Waals surface area (Å²) in [7, 11) is 0. The smallest absolute Gasteiger partial charge is 0.326 e. The number of hydrogen-bond acceptors (Lipinski definition) is 3. The predicted molar refractivity (Wildman–Crippen MR) is 51.8 cm³/mol. The maximum absolute atomic E-state index is 12.6. The molecule has 0 aliphatic heterocycles. The number of nitrogens with one attached hydrogen (secondary N) is 1. The van der Waals surface area contributed by atoms with Crippen molar-refractivity contribution >= 4 is 11.7 Å². The van der Waals surface area contributed by atoms with Gasteiger partial charge >= 0.3 is 18.0 Å². The SMILES string of the molecule is NCc1ccc(NC(=O)C(F)(F)C(F)(F)F)nc1. The molecule has 0 unspecified atom stereocenters. The summed E-state index contributed by atoms with van der Waals surface area (Å²) in [4.78, 5) is 14.3. The van der Waals surface area contributed by atoms with Gasteiger partial charge in [0.1, 0.15) is 5.82 Å². The zero-order valence-corrected chi connectivity index (χ0v) is 8.76. The molecule has 0 aliphatic rings. The molecule has 1 rings (SSSR count). The summed E-state index contributed by atoms with van der Waals surface area (Å²) in [5.41, 5.74) is 5.77. The monoisotopic (exact) mass is 269 g/mol. The first-order chi connectivity index (χ1) is 8.18. The molecule has 0 fully saturated rings. The molecule has 0 radical (unpaired) electrons. The van der Waals surface area contributed by atoms with E-state index in [0.717, 1.165) is 12.3 Å². The zero-order valence-electron chi connectivity index (χ0n) is 8.76. The average Bonchev–Trinajstić information content (AvgIpc) is 2.28. The molecule has 1 aromatic heterocycles. The Morgan fingerprint density at radius 3 is 2.28 bits per heavy atom. The number of pyridine rings is 1. The molecule has 3 N–H and O–H groups in total. The molecule has 0 atom stereocenters. The molecule has 0 aromatic carbocycles. The standard InChI is InChI=1S/C9H8F5N3O/c10-8(11,9(12,13)14)7(18)17-6-2-1-5(3-15)4-16-6/h1-2,4H,3,15H2,(H,16,17,18). The number of halogens is 5. The summed E-state index contributed by atoms with van der Waals surface area (Å²) >= 11 is 0. The largest absolute Gasteiger partial charge is 0.463 e. The molecular weight excluding hydrogens is 261 g/mol. The Morgan fingerprint density at radius 2 is 1.89 bits per heavy atom. The maximum atomic E-state index is 12.6. The van der Waals surface area contributed by atoms with E-state index in [0.29, 0.717) is 5.56 Å². The number of amides is 1. The number of anilines is 1. The minimum absolute atomic E-state index is 0.125. The van der Waals surface area contributed by atoms with E-state index in [2.05, 4.69) is 4.98 Å². The van der Waals surface area contributed by atoms with Crippen molar-refractivity contribution in [2.45, 2.75) is 18.6 Å². The Morgan fingerprint density at radius 1 is 1.28 bits per heavy atom. The van der Waals surface area contributed by atoms with Crippen molar-refractivity contribution < 1.29 is 26.7 Å². The second-order valence-corrected chi connectivity index (χ2v) is 3.28. The number of rotatable bonds is 3. The van der Waals surface area contributed by atoms with Crippen LogP contribution in [-0.4, -0.2) is 23.0 Å². The summed E-state index contributed by atoms with van der Waals surface area (Å²) in [5, 5.41) is 1.38. The van der Waals surface area contributed by atoms with Crippen LogP contribution in [0.1, 0.15) is 5.56 Å². The molecular formula is C9H8F5N3O. The lowest BCUT2D eigenvalue weighted by atomic mass is 10.2. The molecule has 1 aromatic rings. The van der Waals surface area contributed by atoms with E-state index in [1.54, 1.807) is 0 Å². The fourth-order valence-corrected chi connectivity index (χ4v) is 0.943. The van der Waals surface area contributed by atoms with E-state index in [9.17, 15) is 26.7 Å². The Labute approximate surface area is 98.0 Å². The summed E-state index contributed by atoms with van der Waals surface area (Å²) in [6.45, 7) is 0.125. The predicted octanol–water partition coefficient (Wildman–Crippen LogP) is 1.68. The lowest BCUT2D eigenvalue weighted by Gasteiger charge is -2.18. The molecule has 0 saturated carbocycles. The van der Waals surface area contributed by atoms with Crippen molar-refractivity contribution in [1.82, 2.24) is 4.98 Å². The number of nitrogens with two attached hydrogens (primary N) is 1. The molecule has 4 nitrogen and oxygen atoms in total. The highest BCUT2D eigenvalue weighted by molar-refractivity contribution is 5.95. The molecule has 0 saturated heterocycles. The zero-order chi connectivity index (χ0) is 14.0. The van der Waals surface area contributed by atoms with Crippen LogP contribution in [-0.2, 0) is 11.3 Å². The van der Waals surface area contributed by atoms with Gasteiger partial charge in [-0.05, 0) is 11.6 Å². The van der Waals surface area contributed by atoms with Gasteiger partial charge in [0.05, 0.1) is 0 Å². The summed E-state index contributed by atoms with van der Waals surface area (Å²) in [6, 6.07) is 2.42. The van der Waals surface area contributed by atoms with Gasteiger partial charge in [0.2, 0.25) is 0 Å². The van der Waals surface area contributed by atoms with Crippen LogP contribution in [0.25, 0.3) is 0 Å². The number of nitrogens with zero attached hydrogens (tertiary/aromatic N) is 1. The van der Waals surface area contributed by atoms with Crippen LogP contribution in [0.15, 0.2) is 18.3 Å². The Balaban J connectivity index is 2.81. The highest BCUT2D eigenvalue weighted by Gasteiger charge is 2.63. The molecule has 100 valence electrons. The van der Waals surface area contributed by atoms with E-state index >= 15 is 0 Å². The van der Waals surface area contributed by atoms with Gasteiger partial charge in [-0.15, -0.1) is 0 Å². The van der Waals surface area contributed by atoms with Gasteiger partial charge in [0.15, 0.2) is 0 Å². The quantitative estimate of drug-likeness (QED) is 0.820. The van der Waals surface area contributed by atoms with Crippen LogP contribution < -0.4 is 11.1 Å².